The number of aromatic nitrogens is 1. The van der Waals surface area contributed by atoms with Gasteiger partial charge in [0, 0.05) is 25.6 Å². The van der Waals surface area contributed by atoms with Gasteiger partial charge in [-0.3, -0.25) is 14.9 Å². The van der Waals surface area contributed by atoms with Crippen molar-refractivity contribution in [1.82, 2.24) is 9.29 Å². The van der Waals surface area contributed by atoms with Crippen molar-refractivity contribution in [2.24, 2.45) is 0 Å². The molecule has 0 aliphatic carbocycles. The van der Waals surface area contributed by atoms with E-state index in [0.29, 0.717) is 34.4 Å². The number of thiazole rings is 1. The number of amides is 1. The molecule has 7 nitrogen and oxygen atoms in total. The highest BCUT2D eigenvalue weighted by molar-refractivity contribution is 7.89. The summed E-state index contributed by atoms with van der Waals surface area (Å²) in [5.74, 6) is -0.507. The number of nitrogens with one attached hydrogen (secondary N) is 1. The van der Waals surface area contributed by atoms with Crippen LogP contribution in [-0.4, -0.2) is 42.5 Å². The zero-order valence-corrected chi connectivity index (χ0v) is 19.5. The Bertz CT molecular complexity index is 974. The van der Waals surface area contributed by atoms with Crippen molar-refractivity contribution < 1.29 is 18.0 Å². The van der Waals surface area contributed by atoms with E-state index in [9.17, 15) is 18.0 Å². The third-order valence-electron chi connectivity index (χ3n) is 4.61. The summed E-state index contributed by atoms with van der Waals surface area (Å²) in [6.45, 7) is 8.20. The van der Waals surface area contributed by atoms with E-state index >= 15 is 0 Å². The number of nitrogens with zero attached hydrogens (tertiary/aromatic N) is 2. The molecule has 2 rings (SSSR count). The lowest BCUT2D eigenvalue weighted by Gasteiger charge is -2.22. The van der Waals surface area contributed by atoms with Crippen LogP contribution in [0, 0.1) is 6.92 Å². The van der Waals surface area contributed by atoms with Gasteiger partial charge in [-0.05, 0) is 44.0 Å². The molecule has 9 heteroatoms. The smallest absolute Gasteiger partial charge is 0.257 e. The number of sulfonamides is 1. The number of unbranched alkanes of at least 4 members (excludes halogenated alkanes) is 2. The van der Waals surface area contributed by atoms with Gasteiger partial charge in [0.05, 0.1) is 15.5 Å². The van der Waals surface area contributed by atoms with E-state index in [0.717, 1.165) is 37.0 Å². The lowest BCUT2D eigenvalue weighted by Crippen LogP contribution is -2.33. The quantitative estimate of drug-likeness (QED) is 0.508. The van der Waals surface area contributed by atoms with E-state index in [2.05, 4.69) is 10.3 Å². The summed E-state index contributed by atoms with van der Waals surface area (Å²) in [5.41, 5.74) is 0.892. The zero-order valence-electron chi connectivity index (χ0n) is 17.9. The predicted molar refractivity (Wildman–Crippen MR) is 120 cm³/mol. The fourth-order valence-corrected chi connectivity index (χ4v) is 5.27. The molecule has 0 aliphatic rings. The van der Waals surface area contributed by atoms with Crippen LogP contribution in [0.3, 0.4) is 0 Å². The van der Waals surface area contributed by atoms with Gasteiger partial charge in [-0.1, -0.05) is 38.0 Å². The molecule has 1 amide bonds. The second kappa shape index (κ2) is 10.8. The first-order valence-corrected chi connectivity index (χ1v) is 12.4. The number of carbonyl (C=O) groups excluding carboxylic acids is 2. The van der Waals surface area contributed by atoms with Crippen molar-refractivity contribution >= 4 is 38.2 Å². The molecule has 0 radical (unpaired) electrons. The molecule has 0 fully saturated rings. The van der Waals surface area contributed by atoms with E-state index in [1.165, 1.54) is 35.5 Å². The maximum Gasteiger partial charge on any atom is 0.257 e. The van der Waals surface area contributed by atoms with E-state index in [-0.39, 0.29) is 10.7 Å². The first kappa shape index (κ1) is 24.2. The molecule has 164 valence electrons. The van der Waals surface area contributed by atoms with E-state index in [1.54, 1.807) is 6.92 Å². The number of hydrogen-bond donors (Lipinski definition) is 1. The Morgan fingerprint density at radius 2 is 1.63 bits per heavy atom. The summed E-state index contributed by atoms with van der Waals surface area (Å²) in [7, 11) is -3.60. The highest BCUT2D eigenvalue weighted by Crippen LogP contribution is 2.24. The molecule has 0 unspecified atom stereocenters. The Hall–Kier alpha value is -2.10. The van der Waals surface area contributed by atoms with Crippen LogP contribution in [0.1, 0.15) is 72.2 Å². The third kappa shape index (κ3) is 5.96. The molecular formula is C21H29N3O4S2. The van der Waals surface area contributed by atoms with Crippen molar-refractivity contribution in [2.45, 2.75) is 58.3 Å². The van der Waals surface area contributed by atoms with Crippen LogP contribution in [0.15, 0.2) is 29.2 Å². The van der Waals surface area contributed by atoms with E-state index in [1.807, 2.05) is 13.8 Å². The number of rotatable bonds is 11. The van der Waals surface area contributed by atoms with Crippen LogP contribution in [0.25, 0.3) is 0 Å². The summed E-state index contributed by atoms with van der Waals surface area (Å²) in [4.78, 5) is 28.9. The fourth-order valence-electron chi connectivity index (χ4n) is 2.89. The lowest BCUT2D eigenvalue weighted by molar-refractivity contribution is 0.101. The van der Waals surface area contributed by atoms with Gasteiger partial charge in [-0.25, -0.2) is 13.4 Å². The average molecular weight is 452 g/mol. The van der Waals surface area contributed by atoms with Crippen molar-refractivity contribution in [1.29, 1.82) is 0 Å². The summed E-state index contributed by atoms with van der Waals surface area (Å²) in [6.07, 6.45) is 3.44. The van der Waals surface area contributed by atoms with Gasteiger partial charge in [-0.15, -0.1) is 0 Å². The second-order valence-corrected chi connectivity index (χ2v) is 10.0. The molecule has 0 atom stereocenters. The van der Waals surface area contributed by atoms with Gasteiger partial charge in [-0.2, -0.15) is 4.31 Å². The molecule has 0 saturated heterocycles. The number of carbonyl (C=O) groups is 2. The minimum absolute atomic E-state index is 0.101. The molecular weight excluding hydrogens is 422 g/mol. The largest absolute Gasteiger partial charge is 0.298 e. The number of anilines is 1. The lowest BCUT2D eigenvalue weighted by atomic mass is 10.2. The maximum atomic E-state index is 13.0. The minimum atomic E-state index is -3.60. The number of ketones is 1. The highest BCUT2D eigenvalue weighted by Gasteiger charge is 2.24. The molecule has 2 aromatic rings. The fraction of sp³-hybridized carbons (Fsp3) is 0.476. The monoisotopic (exact) mass is 451 g/mol. The van der Waals surface area contributed by atoms with Gasteiger partial charge in [0.25, 0.3) is 5.91 Å². The summed E-state index contributed by atoms with van der Waals surface area (Å²) < 4.78 is 27.5. The Morgan fingerprint density at radius 3 is 2.10 bits per heavy atom. The topological polar surface area (TPSA) is 96.4 Å². The van der Waals surface area contributed by atoms with Crippen LogP contribution < -0.4 is 5.32 Å². The summed E-state index contributed by atoms with van der Waals surface area (Å²) in [6, 6.07) is 5.91. The molecule has 1 heterocycles. The van der Waals surface area contributed by atoms with Gasteiger partial charge in [0.2, 0.25) is 10.0 Å². The van der Waals surface area contributed by atoms with Crippen LogP contribution in [0.5, 0.6) is 0 Å². The molecule has 0 saturated carbocycles. The minimum Gasteiger partial charge on any atom is -0.298 e. The van der Waals surface area contributed by atoms with Crippen molar-refractivity contribution in [3.8, 4) is 0 Å². The van der Waals surface area contributed by atoms with Crippen LogP contribution in [0.4, 0.5) is 5.13 Å². The SMILES string of the molecule is CCCCN(CCCC)S(=O)(=O)c1ccc(C(=O)Nc2nc(C)c(C(C)=O)s2)cc1. The van der Waals surface area contributed by atoms with Gasteiger partial charge >= 0.3 is 0 Å². The average Bonchev–Trinajstić information content (AvgIpc) is 3.08. The van der Waals surface area contributed by atoms with Crippen LogP contribution in [0.2, 0.25) is 0 Å². The second-order valence-electron chi connectivity index (χ2n) is 7.08. The number of benzene rings is 1. The van der Waals surface area contributed by atoms with Crippen molar-refractivity contribution in [3.63, 3.8) is 0 Å². The van der Waals surface area contributed by atoms with Gasteiger partial charge in [0.15, 0.2) is 10.9 Å². The van der Waals surface area contributed by atoms with E-state index in [4.69, 9.17) is 0 Å². The normalized spacial score (nSPS) is 11.6. The molecule has 30 heavy (non-hydrogen) atoms. The number of Topliss-reactive ketones (excluding diaryl/α,β-unsaturated/α-hetero) is 1. The van der Waals surface area contributed by atoms with Gasteiger partial charge in [0.1, 0.15) is 0 Å². The van der Waals surface area contributed by atoms with Crippen LogP contribution in [-0.2, 0) is 10.0 Å². The first-order chi connectivity index (χ1) is 14.2. The Morgan fingerprint density at radius 1 is 1.07 bits per heavy atom. The first-order valence-electron chi connectivity index (χ1n) is 10.1. The van der Waals surface area contributed by atoms with Crippen molar-refractivity contribution in [2.75, 3.05) is 18.4 Å². The van der Waals surface area contributed by atoms with Crippen molar-refractivity contribution in [3.05, 3.63) is 40.4 Å². The highest BCUT2D eigenvalue weighted by atomic mass is 32.2. The molecule has 1 N–H and O–H groups in total. The summed E-state index contributed by atoms with van der Waals surface area (Å²) in [5, 5.41) is 3.01. The zero-order chi connectivity index (χ0) is 22.3. The molecule has 0 spiro atoms. The standard InChI is InChI=1S/C21H29N3O4S2/c1-5-7-13-24(14-8-6-2)30(27,28)18-11-9-17(10-12-18)20(26)23-21-22-15(3)19(29-21)16(4)25/h9-12H,5-8,13-14H2,1-4H3,(H,22,23,26). The Labute approximate surface area is 182 Å². The number of hydrogen-bond acceptors (Lipinski definition) is 6. The third-order valence-corrected chi connectivity index (χ3v) is 7.70. The van der Waals surface area contributed by atoms with Crippen LogP contribution >= 0.6 is 11.3 Å². The van der Waals surface area contributed by atoms with Gasteiger partial charge < -0.3 is 0 Å². The van der Waals surface area contributed by atoms with E-state index < -0.39 is 15.9 Å². The summed E-state index contributed by atoms with van der Waals surface area (Å²) >= 11 is 1.12. The number of aryl methyl sites for hydroxylation is 1. The molecule has 1 aromatic carbocycles. The Balaban J connectivity index is 2.16. The molecule has 0 aliphatic heterocycles. The Kier molecular flexibility index (Phi) is 8.69. The molecule has 0 bridgehead atoms. The molecule has 1 aromatic heterocycles. The predicted octanol–water partition coefficient (Wildman–Crippen LogP) is 4.50. The maximum absolute atomic E-state index is 13.0.